The van der Waals surface area contributed by atoms with Gasteiger partial charge in [-0.05, 0) is 41.5 Å². The lowest BCUT2D eigenvalue weighted by atomic mass is 10.1. The molecule has 0 aliphatic rings. The van der Waals surface area contributed by atoms with Crippen LogP contribution in [0.3, 0.4) is 0 Å². The molecule has 0 aliphatic heterocycles. The van der Waals surface area contributed by atoms with Crippen LogP contribution in [0, 0.1) is 0 Å². The summed E-state index contributed by atoms with van der Waals surface area (Å²) < 4.78 is 0. The standard InChI is InChI=1S/2C4H11N.C3H8/c2*1-4(2,3)5;1-3-2/h2*5H2,1-3H3;3H2,1-2H3. The lowest BCUT2D eigenvalue weighted by Crippen LogP contribution is -2.26. The SMILES string of the molecule is CC(C)(C)N.CC(C)(C)N.CCC. The van der Waals surface area contributed by atoms with E-state index in [0.29, 0.717) is 0 Å². The first-order chi connectivity index (χ1) is 5.41. The summed E-state index contributed by atoms with van der Waals surface area (Å²) in [5.74, 6) is 0. The van der Waals surface area contributed by atoms with Crippen LogP contribution in [0.2, 0.25) is 0 Å². The van der Waals surface area contributed by atoms with Crippen molar-refractivity contribution in [3.63, 3.8) is 0 Å². The average Bonchev–Trinajstić information content (AvgIpc) is 1.52. The van der Waals surface area contributed by atoms with Crippen LogP contribution in [-0.4, -0.2) is 11.1 Å². The molecular formula is C11H30N2. The van der Waals surface area contributed by atoms with Crippen molar-refractivity contribution >= 4 is 0 Å². The van der Waals surface area contributed by atoms with Crippen molar-refractivity contribution in [3.05, 3.63) is 0 Å². The zero-order valence-corrected chi connectivity index (χ0v) is 10.9. The van der Waals surface area contributed by atoms with E-state index >= 15 is 0 Å². The molecule has 0 radical (unpaired) electrons. The first-order valence-corrected chi connectivity index (χ1v) is 4.99. The van der Waals surface area contributed by atoms with Gasteiger partial charge in [0.2, 0.25) is 0 Å². The topological polar surface area (TPSA) is 52.0 Å². The van der Waals surface area contributed by atoms with Crippen molar-refractivity contribution in [2.45, 2.75) is 72.9 Å². The third kappa shape index (κ3) is 183000. The molecule has 2 heteroatoms. The minimum Gasteiger partial charge on any atom is -0.326 e. The molecule has 0 spiro atoms. The normalized spacial score (nSPS) is 10.6. The molecular weight excluding hydrogens is 160 g/mol. The van der Waals surface area contributed by atoms with Crippen LogP contribution in [0.15, 0.2) is 0 Å². The smallest absolute Gasteiger partial charge is 0.00686 e. The summed E-state index contributed by atoms with van der Waals surface area (Å²) in [6.07, 6.45) is 1.25. The first-order valence-electron chi connectivity index (χ1n) is 4.99. The average molecular weight is 190 g/mol. The predicted molar refractivity (Wildman–Crippen MR) is 63.8 cm³/mol. The molecule has 0 heterocycles. The van der Waals surface area contributed by atoms with Gasteiger partial charge in [0.1, 0.15) is 0 Å². The Morgan fingerprint density at radius 1 is 0.692 bits per heavy atom. The van der Waals surface area contributed by atoms with Crippen LogP contribution >= 0.6 is 0 Å². The molecule has 0 aromatic carbocycles. The summed E-state index contributed by atoms with van der Waals surface area (Å²) in [6.45, 7) is 16.0. The van der Waals surface area contributed by atoms with Crippen molar-refractivity contribution < 1.29 is 0 Å². The summed E-state index contributed by atoms with van der Waals surface area (Å²) in [5, 5.41) is 0. The van der Waals surface area contributed by atoms with Gasteiger partial charge < -0.3 is 11.5 Å². The zero-order chi connectivity index (χ0) is 11.7. The van der Waals surface area contributed by atoms with E-state index in [9.17, 15) is 0 Å². The Morgan fingerprint density at radius 3 is 0.692 bits per heavy atom. The van der Waals surface area contributed by atoms with Crippen LogP contribution in [0.1, 0.15) is 61.8 Å². The predicted octanol–water partition coefficient (Wildman–Crippen LogP) is 2.90. The summed E-state index contributed by atoms with van der Waals surface area (Å²) in [4.78, 5) is 0. The van der Waals surface area contributed by atoms with Gasteiger partial charge in [-0.1, -0.05) is 20.3 Å². The second kappa shape index (κ2) is 8.52. The second-order valence-corrected chi connectivity index (χ2v) is 5.44. The molecule has 0 bridgehead atoms. The molecule has 0 saturated heterocycles. The zero-order valence-electron chi connectivity index (χ0n) is 10.9. The Kier molecular flexibility index (Phi) is 12.2. The molecule has 0 rings (SSSR count). The third-order valence-electron chi connectivity index (χ3n) is 0. The fourth-order valence-corrected chi connectivity index (χ4v) is 0. The van der Waals surface area contributed by atoms with E-state index < -0.39 is 0 Å². The van der Waals surface area contributed by atoms with Gasteiger partial charge in [-0.3, -0.25) is 0 Å². The monoisotopic (exact) mass is 190 g/mol. The van der Waals surface area contributed by atoms with E-state index in [1.165, 1.54) is 6.42 Å². The lowest BCUT2D eigenvalue weighted by Gasteiger charge is -2.06. The minimum atomic E-state index is 0. The van der Waals surface area contributed by atoms with Crippen LogP contribution < -0.4 is 11.5 Å². The molecule has 0 amide bonds. The van der Waals surface area contributed by atoms with Gasteiger partial charge in [0.25, 0.3) is 0 Å². The maximum absolute atomic E-state index is 5.35. The summed E-state index contributed by atoms with van der Waals surface area (Å²) >= 11 is 0. The molecule has 4 N–H and O–H groups in total. The Hall–Kier alpha value is -0.0800. The van der Waals surface area contributed by atoms with Gasteiger partial charge in [0, 0.05) is 11.1 Å². The van der Waals surface area contributed by atoms with E-state index in [2.05, 4.69) is 13.8 Å². The maximum Gasteiger partial charge on any atom is 0.00686 e. The van der Waals surface area contributed by atoms with E-state index in [4.69, 9.17) is 11.5 Å². The van der Waals surface area contributed by atoms with Gasteiger partial charge in [0.05, 0.1) is 0 Å². The van der Waals surface area contributed by atoms with Crippen molar-refractivity contribution in [1.29, 1.82) is 0 Å². The Balaban J connectivity index is -0.000000120. The molecule has 0 saturated carbocycles. The largest absolute Gasteiger partial charge is 0.326 e. The van der Waals surface area contributed by atoms with Crippen molar-refractivity contribution in [3.8, 4) is 0 Å². The fourth-order valence-electron chi connectivity index (χ4n) is 0. The van der Waals surface area contributed by atoms with Gasteiger partial charge in [-0.25, -0.2) is 0 Å². The summed E-state index contributed by atoms with van der Waals surface area (Å²) in [6, 6.07) is 0. The molecule has 0 unspecified atom stereocenters. The van der Waals surface area contributed by atoms with Crippen LogP contribution in [0.4, 0.5) is 0 Å². The molecule has 0 aromatic rings. The number of hydrogen-bond donors (Lipinski definition) is 2. The van der Waals surface area contributed by atoms with Gasteiger partial charge in [-0.2, -0.15) is 0 Å². The molecule has 0 aromatic heterocycles. The second-order valence-electron chi connectivity index (χ2n) is 5.44. The van der Waals surface area contributed by atoms with Crippen molar-refractivity contribution in [1.82, 2.24) is 0 Å². The summed E-state index contributed by atoms with van der Waals surface area (Å²) in [7, 11) is 0. The number of rotatable bonds is 0. The highest BCUT2D eigenvalue weighted by atomic mass is 14.7. The molecule has 84 valence electrons. The Bertz CT molecular complexity index is 61.2. The molecule has 0 aliphatic carbocycles. The van der Waals surface area contributed by atoms with Gasteiger partial charge in [0.15, 0.2) is 0 Å². The van der Waals surface area contributed by atoms with Gasteiger partial charge >= 0.3 is 0 Å². The van der Waals surface area contributed by atoms with Crippen LogP contribution in [0.5, 0.6) is 0 Å². The fraction of sp³-hybridized carbons (Fsp3) is 1.00. The van der Waals surface area contributed by atoms with Crippen LogP contribution in [-0.2, 0) is 0 Å². The highest BCUT2D eigenvalue weighted by molar-refractivity contribution is 4.60. The molecule has 0 fully saturated rings. The minimum absolute atomic E-state index is 0. The maximum atomic E-state index is 5.35. The highest BCUT2D eigenvalue weighted by Gasteiger charge is 1.95. The quantitative estimate of drug-likeness (QED) is 0.617. The van der Waals surface area contributed by atoms with E-state index in [1.54, 1.807) is 0 Å². The van der Waals surface area contributed by atoms with Crippen molar-refractivity contribution in [2.75, 3.05) is 0 Å². The highest BCUT2D eigenvalue weighted by Crippen LogP contribution is 1.88. The number of hydrogen-bond acceptors (Lipinski definition) is 2. The van der Waals surface area contributed by atoms with E-state index in [-0.39, 0.29) is 11.1 Å². The number of nitrogens with two attached hydrogens (primary N) is 2. The van der Waals surface area contributed by atoms with Crippen LogP contribution in [0.25, 0.3) is 0 Å². The summed E-state index contributed by atoms with van der Waals surface area (Å²) in [5.41, 5.74) is 10.7. The molecule has 0 atom stereocenters. The Morgan fingerprint density at radius 2 is 0.692 bits per heavy atom. The molecule has 13 heavy (non-hydrogen) atoms. The van der Waals surface area contributed by atoms with E-state index in [0.717, 1.165) is 0 Å². The Labute approximate surface area is 85.1 Å². The van der Waals surface area contributed by atoms with Gasteiger partial charge in [-0.15, -0.1) is 0 Å². The van der Waals surface area contributed by atoms with Crippen molar-refractivity contribution in [2.24, 2.45) is 11.5 Å². The lowest BCUT2D eigenvalue weighted by molar-refractivity contribution is 0.579. The van der Waals surface area contributed by atoms with E-state index in [1.807, 2.05) is 41.5 Å². The first kappa shape index (κ1) is 18.7. The molecule has 2 nitrogen and oxygen atoms in total. The third-order valence-corrected chi connectivity index (χ3v) is 0.